The van der Waals surface area contributed by atoms with E-state index in [9.17, 15) is 9.59 Å². The Kier molecular flexibility index (Phi) is 7.81. The lowest BCUT2D eigenvalue weighted by Crippen LogP contribution is -2.40. The number of benzene rings is 2. The Hall–Kier alpha value is -2.90. The summed E-state index contributed by atoms with van der Waals surface area (Å²) in [5, 5.41) is 0. The lowest BCUT2D eigenvalue weighted by Gasteiger charge is -2.44. The quantitative estimate of drug-likeness (QED) is 0.385. The molecule has 3 aliphatic rings. The monoisotopic (exact) mass is 565 g/mol. The first kappa shape index (κ1) is 25.7. The van der Waals surface area contributed by atoms with Gasteiger partial charge in [0.2, 0.25) is 0 Å². The van der Waals surface area contributed by atoms with Crippen molar-refractivity contribution in [3.63, 3.8) is 0 Å². The van der Waals surface area contributed by atoms with Gasteiger partial charge in [-0.15, -0.1) is 0 Å². The van der Waals surface area contributed by atoms with Crippen LogP contribution < -0.4 is 9.47 Å². The van der Waals surface area contributed by atoms with Crippen molar-refractivity contribution in [2.75, 3.05) is 27.4 Å². The van der Waals surface area contributed by atoms with Gasteiger partial charge in [-0.25, -0.2) is 0 Å². The van der Waals surface area contributed by atoms with E-state index in [4.69, 9.17) is 14.2 Å². The SMILES string of the molecule is COCCN1C2=C(C(=O)CCC2)C(c2ccc(OCc3ccccc3Br)c(OC)c2)C2=C1CCCC2=O. The molecular formula is C30H32BrNO5. The third kappa shape index (κ3) is 4.99. The third-order valence-corrected chi connectivity index (χ3v) is 8.24. The first-order chi connectivity index (χ1) is 18.0. The number of allylic oxidation sites excluding steroid dienone is 4. The van der Waals surface area contributed by atoms with Gasteiger partial charge in [-0.05, 0) is 49.4 Å². The van der Waals surface area contributed by atoms with Gasteiger partial charge in [-0.1, -0.05) is 40.2 Å². The topological polar surface area (TPSA) is 65.1 Å². The van der Waals surface area contributed by atoms with Crippen LogP contribution in [-0.2, 0) is 20.9 Å². The first-order valence-corrected chi connectivity index (χ1v) is 13.7. The molecule has 0 unspecified atom stereocenters. The summed E-state index contributed by atoms with van der Waals surface area (Å²) in [6.45, 7) is 1.57. The van der Waals surface area contributed by atoms with E-state index in [1.54, 1.807) is 14.2 Å². The van der Waals surface area contributed by atoms with Crippen molar-refractivity contribution in [3.8, 4) is 11.5 Å². The highest BCUT2D eigenvalue weighted by Crippen LogP contribution is 2.50. The first-order valence-electron chi connectivity index (χ1n) is 12.9. The summed E-state index contributed by atoms with van der Waals surface area (Å²) >= 11 is 3.57. The molecular weight excluding hydrogens is 534 g/mol. The molecule has 1 aliphatic heterocycles. The number of halogens is 1. The standard InChI is InChI=1S/C30H32BrNO5/c1-35-16-15-32-22-9-5-11-24(33)29(22)28(30-23(32)10-6-12-25(30)34)19-13-14-26(27(17-19)36-2)37-18-20-7-3-4-8-21(20)31/h3-4,7-8,13-14,17,28H,5-6,9-12,15-16,18H2,1-2H3. The fourth-order valence-corrected chi connectivity index (χ4v) is 6.16. The highest BCUT2D eigenvalue weighted by atomic mass is 79.9. The molecule has 7 heteroatoms. The Morgan fingerprint density at radius 2 is 1.57 bits per heavy atom. The van der Waals surface area contributed by atoms with Crippen LogP contribution in [0.25, 0.3) is 0 Å². The van der Waals surface area contributed by atoms with Gasteiger partial charge in [-0.3, -0.25) is 9.59 Å². The molecule has 2 aliphatic carbocycles. The summed E-state index contributed by atoms with van der Waals surface area (Å²) < 4.78 is 18.2. The van der Waals surface area contributed by atoms with Gasteiger partial charge in [0, 0.05) is 65.0 Å². The summed E-state index contributed by atoms with van der Waals surface area (Å²) in [7, 11) is 3.30. The van der Waals surface area contributed by atoms with Crippen molar-refractivity contribution in [3.05, 3.63) is 80.6 Å². The van der Waals surface area contributed by atoms with Crippen molar-refractivity contribution in [2.24, 2.45) is 0 Å². The zero-order valence-electron chi connectivity index (χ0n) is 21.3. The second-order valence-electron chi connectivity index (χ2n) is 9.64. The molecule has 6 nitrogen and oxygen atoms in total. The van der Waals surface area contributed by atoms with Crippen LogP contribution in [0.3, 0.4) is 0 Å². The van der Waals surface area contributed by atoms with E-state index in [0.29, 0.717) is 44.1 Å². The van der Waals surface area contributed by atoms with Crippen LogP contribution in [0.4, 0.5) is 0 Å². The largest absolute Gasteiger partial charge is 0.493 e. The maximum atomic E-state index is 13.4. The number of hydrogen-bond acceptors (Lipinski definition) is 6. The number of nitrogens with zero attached hydrogens (tertiary/aromatic N) is 1. The summed E-state index contributed by atoms with van der Waals surface area (Å²) in [6, 6.07) is 13.7. The van der Waals surface area contributed by atoms with E-state index in [0.717, 1.165) is 63.8 Å². The van der Waals surface area contributed by atoms with Crippen molar-refractivity contribution in [2.45, 2.75) is 51.0 Å². The second-order valence-corrected chi connectivity index (χ2v) is 10.5. The predicted octanol–water partition coefficient (Wildman–Crippen LogP) is 6.10. The minimum Gasteiger partial charge on any atom is -0.493 e. The zero-order valence-corrected chi connectivity index (χ0v) is 22.9. The van der Waals surface area contributed by atoms with Crippen molar-refractivity contribution in [1.29, 1.82) is 0 Å². The highest BCUT2D eigenvalue weighted by Gasteiger charge is 2.43. The Morgan fingerprint density at radius 1 is 0.892 bits per heavy atom. The lowest BCUT2D eigenvalue weighted by molar-refractivity contribution is -0.117. The fourth-order valence-electron chi connectivity index (χ4n) is 5.76. The maximum Gasteiger partial charge on any atom is 0.161 e. The number of methoxy groups -OCH3 is 2. The van der Waals surface area contributed by atoms with Gasteiger partial charge in [0.05, 0.1) is 13.7 Å². The Labute approximate surface area is 226 Å². The molecule has 194 valence electrons. The third-order valence-electron chi connectivity index (χ3n) is 7.47. The Morgan fingerprint density at radius 3 is 2.19 bits per heavy atom. The summed E-state index contributed by atoms with van der Waals surface area (Å²) in [5.41, 5.74) is 5.56. The molecule has 2 aromatic rings. The van der Waals surface area contributed by atoms with Crippen molar-refractivity contribution < 1.29 is 23.8 Å². The average molecular weight is 566 g/mol. The Bertz CT molecular complexity index is 1240. The number of carbonyl (C=O) groups is 2. The van der Waals surface area contributed by atoms with E-state index in [2.05, 4.69) is 20.8 Å². The van der Waals surface area contributed by atoms with Gasteiger partial charge in [0.15, 0.2) is 23.1 Å². The molecule has 0 bridgehead atoms. The summed E-state index contributed by atoms with van der Waals surface area (Å²) in [6.07, 6.45) is 4.33. The van der Waals surface area contributed by atoms with E-state index in [1.165, 1.54) is 0 Å². The van der Waals surface area contributed by atoms with Gasteiger partial charge in [0.1, 0.15) is 6.61 Å². The van der Waals surface area contributed by atoms with E-state index in [1.807, 2.05) is 42.5 Å². The van der Waals surface area contributed by atoms with Crippen LogP contribution in [0.15, 0.2) is 69.5 Å². The minimum absolute atomic E-state index is 0.131. The van der Waals surface area contributed by atoms with Gasteiger partial charge in [-0.2, -0.15) is 0 Å². The number of ketones is 2. The zero-order chi connectivity index (χ0) is 25.9. The molecule has 0 fully saturated rings. The predicted molar refractivity (Wildman–Crippen MR) is 145 cm³/mol. The molecule has 0 aromatic heterocycles. The minimum atomic E-state index is -0.379. The number of hydrogen-bond donors (Lipinski definition) is 0. The molecule has 0 saturated heterocycles. The lowest BCUT2D eigenvalue weighted by atomic mass is 9.71. The molecule has 0 atom stereocenters. The molecule has 0 radical (unpaired) electrons. The smallest absolute Gasteiger partial charge is 0.161 e. The van der Waals surface area contributed by atoms with Crippen molar-refractivity contribution in [1.82, 2.24) is 4.90 Å². The van der Waals surface area contributed by atoms with Crippen LogP contribution in [0.5, 0.6) is 11.5 Å². The normalized spacial score (nSPS) is 18.2. The van der Waals surface area contributed by atoms with Gasteiger partial charge >= 0.3 is 0 Å². The molecule has 0 saturated carbocycles. The molecule has 1 heterocycles. The number of Topliss-reactive ketones (excluding diaryl/α,β-unsaturated/α-hetero) is 2. The molecule has 2 aromatic carbocycles. The van der Waals surface area contributed by atoms with E-state index >= 15 is 0 Å². The molecule has 0 amide bonds. The van der Waals surface area contributed by atoms with Gasteiger partial charge in [0.25, 0.3) is 0 Å². The van der Waals surface area contributed by atoms with Crippen LogP contribution in [0.1, 0.15) is 55.6 Å². The fraction of sp³-hybridized carbons (Fsp3) is 0.400. The number of carbonyl (C=O) groups excluding carboxylic acids is 2. The highest BCUT2D eigenvalue weighted by molar-refractivity contribution is 9.10. The summed E-state index contributed by atoms with van der Waals surface area (Å²) in [4.78, 5) is 29.0. The van der Waals surface area contributed by atoms with Crippen molar-refractivity contribution >= 4 is 27.5 Å². The van der Waals surface area contributed by atoms with Crippen LogP contribution in [-0.4, -0.2) is 43.8 Å². The van der Waals surface area contributed by atoms with E-state index in [-0.39, 0.29) is 17.5 Å². The molecule has 37 heavy (non-hydrogen) atoms. The number of ether oxygens (including phenoxy) is 3. The number of rotatable bonds is 8. The van der Waals surface area contributed by atoms with Crippen LogP contribution >= 0.6 is 15.9 Å². The molecule has 5 rings (SSSR count). The average Bonchev–Trinajstić information content (AvgIpc) is 2.91. The molecule has 0 spiro atoms. The van der Waals surface area contributed by atoms with Gasteiger partial charge < -0.3 is 19.1 Å². The maximum absolute atomic E-state index is 13.4. The second kappa shape index (κ2) is 11.2. The van der Waals surface area contributed by atoms with Crippen LogP contribution in [0, 0.1) is 0 Å². The van der Waals surface area contributed by atoms with Crippen LogP contribution in [0.2, 0.25) is 0 Å². The molecule has 0 N–H and O–H groups in total. The summed E-state index contributed by atoms with van der Waals surface area (Å²) in [5.74, 6) is 1.09. The Balaban J connectivity index is 1.56. The van der Waals surface area contributed by atoms with E-state index < -0.39 is 0 Å².